The molecule has 5 nitrogen and oxygen atoms in total. The maximum absolute atomic E-state index is 13.3. The Hall–Kier alpha value is -1.37. The van der Waals surface area contributed by atoms with Gasteiger partial charge in [-0.25, -0.2) is 8.42 Å². The average molecular weight is 335 g/mol. The van der Waals surface area contributed by atoms with Crippen LogP contribution in [0.5, 0.6) is 0 Å². The van der Waals surface area contributed by atoms with Crippen LogP contribution in [0.1, 0.15) is 26.0 Å². The van der Waals surface area contributed by atoms with Crippen LogP contribution in [0.4, 0.5) is 0 Å². The molecule has 2 heterocycles. The van der Waals surface area contributed by atoms with E-state index in [2.05, 4.69) is 0 Å². The van der Waals surface area contributed by atoms with Crippen molar-refractivity contribution < 1.29 is 8.42 Å². The molecule has 23 heavy (non-hydrogen) atoms. The summed E-state index contributed by atoms with van der Waals surface area (Å²) >= 11 is 0. The van der Waals surface area contributed by atoms with Gasteiger partial charge < -0.3 is 10.3 Å². The number of hydrogen-bond donors (Lipinski definition) is 1. The van der Waals surface area contributed by atoms with Crippen LogP contribution >= 0.6 is 0 Å². The van der Waals surface area contributed by atoms with Gasteiger partial charge in [0.2, 0.25) is 10.0 Å². The number of fused-ring (bicyclic) bond motifs is 1. The predicted octanol–water partition coefficient (Wildman–Crippen LogP) is 2.23. The second kappa shape index (κ2) is 5.33. The summed E-state index contributed by atoms with van der Waals surface area (Å²) in [6.45, 7) is 6.88. The van der Waals surface area contributed by atoms with Gasteiger partial charge >= 0.3 is 0 Å². The van der Waals surface area contributed by atoms with E-state index in [9.17, 15) is 8.42 Å². The number of nitrogens with two attached hydrogens (primary N) is 1. The van der Waals surface area contributed by atoms with Gasteiger partial charge in [0.1, 0.15) is 4.90 Å². The molecule has 1 aliphatic heterocycles. The lowest BCUT2D eigenvalue weighted by Gasteiger charge is -2.41. The van der Waals surface area contributed by atoms with Crippen molar-refractivity contribution in [2.75, 3.05) is 13.1 Å². The molecule has 2 aromatic rings. The first-order chi connectivity index (χ1) is 10.7. The molecule has 2 N–H and O–H groups in total. The van der Waals surface area contributed by atoms with Crippen molar-refractivity contribution in [1.82, 2.24) is 8.87 Å². The molecule has 1 unspecified atom stereocenters. The minimum Gasteiger partial charge on any atom is -0.347 e. The Morgan fingerprint density at radius 1 is 1.26 bits per heavy atom. The summed E-state index contributed by atoms with van der Waals surface area (Å²) < 4.78 is 30.2. The molecule has 1 atom stereocenters. The van der Waals surface area contributed by atoms with Gasteiger partial charge in [0.25, 0.3) is 0 Å². The Labute approximate surface area is 138 Å². The SMILES string of the molecule is Cc1c(S(=O)(=O)N2CCC(N)C(C)(C)C2)c2ccccc2n1C. The standard InChI is InChI=1S/C17H25N3O2S/c1-12-16(13-7-5-6-8-14(13)19(12)4)23(21,22)20-10-9-15(18)17(2,3)11-20/h5-8,15H,9-11,18H2,1-4H3. The number of piperidine rings is 1. The van der Waals surface area contributed by atoms with Crippen LogP contribution in [0, 0.1) is 12.3 Å². The third-order valence-electron chi connectivity index (χ3n) is 5.22. The highest BCUT2D eigenvalue weighted by Crippen LogP contribution is 2.35. The fraction of sp³-hybridized carbons (Fsp3) is 0.529. The summed E-state index contributed by atoms with van der Waals surface area (Å²) in [7, 11) is -1.63. The smallest absolute Gasteiger partial charge is 0.245 e. The zero-order chi connectivity index (χ0) is 17.0. The number of para-hydroxylation sites is 1. The van der Waals surface area contributed by atoms with Crippen molar-refractivity contribution >= 4 is 20.9 Å². The van der Waals surface area contributed by atoms with Gasteiger partial charge in [0.05, 0.1) is 0 Å². The Morgan fingerprint density at radius 2 is 1.91 bits per heavy atom. The molecule has 1 aromatic heterocycles. The summed E-state index contributed by atoms with van der Waals surface area (Å²) in [5.74, 6) is 0. The lowest BCUT2D eigenvalue weighted by Crippen LogP contribution is -2.53. The van der Waals surface area contributed by atoms with Gasteiger partial charge in [-0.2, -0.15) is 4.31 Å². The molecule has 0 spiro atoms. The molecular weight excluding hydrogens is 310 g/mol. The first-order valence-electron chi connectivity index (χ1n) is 7.96. The lowest BCUT2D eigenvalue weighted by atomic mass is 9.81. The third kappa shape index (κ3) is 2.49. The van der Waals surface area contributed by atoms with E-state index in [1.807, 2.05) is 56.7 Å². The zero-order valence-corrected chi connectivity index (χ0v) is 15.0. The Balaban J connectivity index is 2.13. The van der Waals surface area contributed by atoms with Crippen LogP contribution < -0.4 is 5.73 Å². The quantitative estimate of drug-likeness (QED) is 0.915. The molecule has 1 aliphatic rings. The Bertz CT molecular complexity index is 852. The van der Waals surface area contributed by atoms with Gasteiger partial charge in [0.15, 0.2) is 0 Å². The summed E-state index contributed by atoms with van der Waals surface area (Å²) in [5.41, 5.74) is 7.66. The van der Waals surface area contributed by atoms with Gasteiger partial charge in [-0.15, -0.1) is 0 Å². The molecule has 0 aliphatic carbocycles. The highest BCUT2D eigenvalue weighted by Gasteiger charge is 2.40. The zero-order valence-electron chi connectivity index (χ0n) is 14.2. The highest BCUT2D eigenvalue weighted by atomic mass is 32.2. The molecule has 3 rings (SSSR count). The normalized spacial score (nSPS) is 22.6. The van der Waals surface area contributed by atoms with Crippen molar-refractivity contribution in [1.29, 1.82) is 0 Å². The van der Waals surface area contributed by atoms with Crippen LogP contribution in [0.15, 0.2) is 29.2 Å². The minimum absolute atomic E-state index is 0.0302. The number of aryl methyl sites for hydroxylation is 1. The molecular formula is C17H25N3O2S. The molecule has 1 fully saturated rings. The number of sulfonamides is 1. The molecule has 6 heteroatoms. The molecule has 0 amide bonds. The van der Waals surface area contributed by atoms with Crippen molar-refractivity contribution in [3.8, 4) is 0 Å². The fourth-order valence-electron chi connectivity index (χ4n) is 3.47. The minimum atomic E-state index is -3.54. The van der Waals surface area contributed by atoms with E-state index in [0.29, 0.717) is 24.4 Å². The largest absolute Gasteiger partial charge is 0.347 e. The maximum Gasteiger partial charge on any atom is 0.245 e. The van der Waals surface area contributed by atoms with E-state index in [1.54, 1.807) is 4.31 Å². The number of benzene rings is 1. The first kappa shape index (κ1) is 16.5. The van der Waals surface area contributed by atoms with E-state index >= 15 is 0 Å². The lowest BCUT2D eigenvalue weighted by molar-refractivity contribution is 0.155. The molecule has 1 aromatic carbocycles. The second-order valence-corrected chi connectivity index (χ2v) is 9.09. The molecule has 0 bridgehead atoms. The predicted molar refractivity (Wildman–Crippen MR) is 92.8 cm³/mol. The Kier molecular flexibility index (Phi) is 3.82. The fourth-order valence-corrected chi connectivity index (χ4v) is 5.54. The maximum atomic E-state index is 13.3. The topological polar surface area (TPSA) is 68.3 Å². The van der Waals surface area contributed by atoms with Crippen LogP contribution in [0.25, 0.3) is 10.9 Å². The van der Waals surface area contributed by atoms with Gasteiger partial charge in [0, 0.05) is 42.8 Å². The van der Waals surface area contributed by atoms with E-state index in [1.165, 1.54) is 0 Å². The average Bonchev–Trinajstić information content (AvgIpc) is 2.74. The van der Waals surface area contributed by atoms with Crippen molar-refractivity contribution in [2.45, 2.75) is 38.1 Å². The van der Waals surface area contributed by atoms with E-state index in [4.69, 9.17) is 5.73 Å². The number of aromatic nitrogens is 1. The van der Waals surface area contributed by atoms with Gasteiger partial charge in [-0.3, -0.25) is 0 Å². The number of nitrogens with zero attached hydrogens (tertiary/aromatic N) is 2. The van der Waals surface area contributed by atoms with Crippen LogP contribution in [0.3, 0.4) is 0 Å². The monoisotopic (exact) mass is 335 g/mol. The number of hydrogen-bond acceptors (Lipinski definition) is 3. The number of rotatable bonds is 2. The molecule has 0 saturated carbocycles. The van der Waals surface area contributed by atoms with E-state index < -0.39 is 10.0 Å². The molecule has 126 valence electrons. The summed E-state index contributed by atoms with van der Waals surface area (Å²) in [5, 5.41) is 0.792. The van der Waals surface area contributed by atoms with Crippen LogP contribution in [-0.4, -0.2) is 36.4 Å². The first-order valence-corrected chi connectivity index (χ1v) is 9.40. The Morgan fingerprint density at radius 3 is 2.57 bits per heavy atom. The summed E-state index contributed by atoms with van der Waals surface area (Å²) in [6, 6.07) is 7.69. The third-order valence-corrected chi connectivity index (χ3v) is 7.24. The molecule has 1 saturated heterocycles. The van der Waals surface area contributed by atoms with Gasteiger partial charge in [-0.1, -0.05) is 32.0 Å². The van der Waals surface area contributed by atoms with Crippen LogP contribution in [0.2, 0.25) is 0 Å². The van der Waals surface area contributed by atoms with Crippen molar-refractivity contribution in [2.24, 2.45) is 18.2 Å². The second-order valence-electron chi connectivity index (χ2n) is 7.21. The van der Waals surface area contributed by atoms with E-state index in [0.717, 1.165) is 16.6 Å². The van der Waals surface area contributed by atoms with Crippen LogP contribution in [-0.2, 0) is 17.1 Å². The van der Waals surface area contributed by atoms with Gasteiger partial charge in [-0.05, 0) is 24.8 Å². The molecule has 0 radical (unpaired) electrons. The highest BCUT2D eigenvalue weighted by molar-refractivity contribution is 7.89. The van der Waals surface area contributed by atoms with Crippen molar-refractivity contribution in [3.05, 3.63) is 30.0 Å². The van der Waals surface area contributed by atoms with E-state index in [-0.39, 0.29) is 11.5 Å². The summed E-state index contributed by atoms with van der Waals surface area (Å²) in [4.78, 5) is 0.432. The summed E-state index contributed by atoms with van der Waals surface area (Å²) in [6.07, 6.45) is 0.691. The van der Waals surface area contributed by atoms with Crippen molar-refractivity contribution in [3.63, 3.8) is 0 Å².